The fraction of sp³-hybridized carbons (Fsp3) is 0.379. The van der Waals surface area contributed by atoms with Crippen LogP contribution in [0.3, 0.4) is 0 Å². The minimum absolute atomic E-state index is 0.00895. The lowest BCUT2D eigenvalue weighted by molar-refractivity contribution is -0.131. The van der Waals surface area contributed by atoms with Gasteiger partial charge in [-0.05, 0) is 35.7 Å². The lowest BCUT2D eigenvalue weighted by atomic mass is 10.0. The van der Waals surface area contributed by atoms with E-state index in [0.29, 0.717) is 13.1 Å². The molecule has 0 spiro atoms. The summed E-state index contributed by atoms with van der Waals surface area (Å²) in [6.07, 6.45) is -0.528. The predicted octanol–water partition coefficient (Wildman–Crippen LogP) is 3.56. The number of nitrogens with one attached hydrogen (secondary N) is 1. The Morgan fingerprint density at radius 2 is 1.78 bits per heavy atom. The Balaban J connectivity index is 1.41. The molecule has 3 saturated heterocycles. The largest absolute Gasteiger partial charge is 0.350 e. The molecule has 0 radical (unpaired) electrons. The zero-order chi connectivity index (χ0) is 25.7. The van der Waals surface area contributed by atoms with Crippen LogP contribution in [-0.2, 0) is 16.1 Å². The summed E-state index contributed by atoms with van der Waals surface area (Å²) >= 11 is 0. The standard InChI is InChI=1S/C29H33N5O3/c1-19(2)34(29(36)30-3)32-18-25(35)33-24(32)17-31(16-22-14-9-13-20-10-7-8-15-23(20)22)28-27(37-28)26(33)21-11-5-4-6-12-21/h4-15,19,24,26-28H,16-18H2,1-3H3,(H,30,36)/t24-,26+,27?,28?/m1/s1. The SMILES string of the molecule is CNC(=O)N(C(C)C)N1CC(=O)N2[C@@H](c3ccccc3)C3OC3N(Cc3cccc4ccccc34)C[C@@H]21. The maximum Gasteiger partial charge on any atom is 0.331 e. The monoisotopic (exact) mass is 499 g/mol. The van der Waals surface area contributed by atoms with Crippen LogP contribution in [0.25, 0.3) is 10.8 Å². The molecule has 3 amide bonds. The van der Waals surface area contributed by atoms with Crippen molar-refractivity contribution in [1.29, 1.82) is 0 Å². The number of carbonyl (C=O) groups excluding carboxylic acids is 2. The third kappa shape index (κ3) is 4.15. The number of epoxide rings is 1. The van der Waals surface area contributed by atoms with Crippen LogP contribution in [0.2, 0.25) is 0 Å². The molecule has 3 aliphatic rings. The Bertz CT molecular complexity index is 1310. The van der Waals surface area contributed by atoms with Crippen LogP contribution in [0.1, 0.15) is 31.0 Å². The van der Waals surface area contributed by atoms with E-state index in [2.05, 4.69) is 64.8 Å². The average Bonchev–Trinajstić information content (AvgIpc) is 3.65. The number of nitrogens with zero attached hydrogens (tertiary/aromatic N) is 4. The van der Waals surface area contributed by atoms with Gasteiger partial charge in [0.05, 0.1) is 12.6 Å². The van der Waals surface area contributed by atoms with Gasteiger partial charge in [-0.15, -0.1) is 0 Å². The number of benzene rings is 3. The van der Waals surface area contributed by atoms with Crippen molar-refractivity contribution in [2.24, 2.45) is 0 Å². The maximum absolute atomic E-state index is 13.6. The first-order valence-corrected chi connectivity index (χ1v) is 13.0. The van der Waals surface area contributed by atoms with Crippen molar-refractivity contribution in [3.63, 3.8) is 0 Å². The molecule has 2 unspecified atom stereocenters. The molecule has 1 N–H and O–H groups in total. The number of urea groups is 1. The second-order valence-electron chi connectivity index (χ2n) is 10.3. The Morgan fingerprint density at radius 1 is 1.05 bits per heavy atom. The molecular weight excluding hydrogens is 466 g/mol. The van der Waals surface area contributed by atoms with E-state index in [1.54, 1.807) is 12.1 Å². The van der Waals surface area contributed by atoms with Crippen LogP contribution in [-0.4, -0.2) is 76.4 Å². The third-order valence-corrected chi connectivity index (χ3v) is 7.70. The minimum Gasteiger partial charge on any atom is -0.350 e. The van der Waals surface area contributed by atoms with Crippen molar-refractivity contribution in [3.8, 4) is 0 Å². The number of amides is 3. The topological polar surface area (TPSA) is 71.7 Å². The van der Waals surface area contributed by atoms with Gasteiger partial charge in [0.15, 0.2) is 0 Å². The summed E-state index contributed by atoms with van der Waals surface area (Å²) in [6, 6.07) is 24.4. The van der Waals surface area contributed by atoms with Gasteiger partial charge in [-0.2, -0.15) is 5.01 Å². The van der Waals surface area contributed by atoms with E-state index >= 15 is 0 Å². The first-order chi connectivity index (χ1) is 18.0. The van der Waals surface area contributed by atoms with Crippen LogP contribution >= 0.6 is 0 Å². The Hall–Kier alpha value is -3.46. The lowest BCUT2D eigenvalue weighted by Crippen LogP contribution is -2.59. The molecule has 0 saturated carbocycles. The number of hydrazine groups is 1. The zero-order valence-electron chi connectivity index (χ0n) is 21.4. The van der Waals surface area contributed by atoms with Crippen molar-refractivity contribution in [3.05, 3.63) is 83.9 Å². The molecule has 0 aliphatic carbocycles. The molecule has 0 bridgehead atoms. The first-order valence-electron chi connectivity index (χ1n) is 13.0. The molecule has 4 atom stereocenters. The van der Waals surface area contributed by atoms with Crippen LogP contribution in [0.15, 0.2) is 72.8 Å². The van der Waals surface area contributed by atoms with Crippen molar-refractivity contribution < 1.29 is 14.3 Å². The van der Waals surface area contributed by atoms with E-state index in [4.69, 9.17) is 4.74 Å². The highest BCUT2D eigenvalue weighted by atomic mass is 16.6. The highest BCUT2D eigenvalue weighted by Gasteiger charge is 2.60. The van der Waals surface area contributed by atoms with E-state index in [-0.39, 0.29) is 49.1 Å². The summed E-state index contributed by atoms with van der Waals surface area (Å²) in [5.41, 5.74) is 2.28. The van der Waals surface area contributed by atoms with Crippen LogP contribution in [0.5, 0.6) is 0 Å². The van der Waals surface area contributed by atoms with Gasteiger partial charge in [0, 0.05) is 26.2 Å². The second-order valence-corrected chi connectivity index (χ2v) is 10.3. The van der Waals surface area contributed by atoms with Crippen molar-refractivity contribution in [2.45, 2.75) is 51.0 Å². The number of fused-ring (bicyclic) bond motifs is 3. The summed E-state index contributed by atoms with van der Waals surface area (Å²) in [4.78, 5) is 30.9. The van der Waals surface area contributed by atoms with Crippen LogP contribution in [0, 0.1) is 0 Å². The molecule has 192 valence electrons. The molecule has 3 fully saturated rings. The summed E-state index contributed by atoms with van der Waals surface area (Å²) in [5, 5.41) is 8.82. The fourth-order valence-electron chi connectivity index (χ4n) is 6.06. The molecule has 6 rings (SSSR count). The summed E-state index contributed by atoms with van der Waals surface area (Å²) in [5.74, 6) is 0.00895. The second kappa shape index (κ2) is 9.45. The van der Waals surface area contributed by atoms with Gasteiger partial charge >= 0.3 is 6.03 Å². The Morgan fingerprint density at radius 3 is 2.54 bits per heavy atom. The lowest BCUT2D eigenvalue weighted by Gasteiger charge is -2.41. The molecule has 3 aromatic carbocycles. The average molecular weight is 500 g/mol. The van der Waals surface area contributed by atoms with Gasteiger partial charge < -0.3 is 15.0 Å². The molecule has 0 aromatic heterocycles. The molecular formula is C29H33N5O3. The van der Waals surface area contributed by atoms with Gasteiger partial charge in [0.25, 0.3) is 0 Å². The van der Waals surface area contributed by atoms with E-state index in [0.717, 1.165) is 5.56 Å². The molecule has 3 heterocycles. The first kappa shape index (κ1) is 23.9. The van der Waals surface area contributed by atoms with E-state index in [1.807, 2.05) is 42.0 Å². The molecule has 37 heavy (non-hydrogen) atoms. The Kier molecular flexibility index (Phi) is 6.10. The fourth-order valence-corrected chi connectivity index (χ4v) is 6.06. The number of ether oxygens (including phenoxy) is 1. The highest BCUT2D eigenvalue weighted by Crippen LogP contribution is 2.47. The predicted molar refractivity (Wildman–Crippen MR) is 141 cm³/mol. The van der Waals surface area contributed by atoms with Crippen molar-refractivity contribution in [1.82, 2.24) is 25.1 Å². The third-order valence-electron chi connectivity index (χ3n) is 7.70. The van der Waals surface area contributed by atoms with Crippen molar-refractivity contribution >= 4 is 22.7 Å². The van der Waals surface area contributed by atoms with E-state index < -0.39 is 0 Å². The van der Waals surface area contributed by atoms with Crippen LogP contribution < -0.4 is 5.32 Å². The quantitative estimate of drug-likeness (QED) is 0.544. The highest BCUT2D eigenvalue weighted by molar-refractivity contribution is 5.85. The number of carbonyl (C=O) groups is 2. The summed E-state index contributed by atoms with van der Waals surface area (Å²) < 4.78 is 6.31. The smallest absolute Gasteiger partial charge is 0.331 e. The molecule has 8 nitrogen and oxygen atoms in total. The van der Waals surface area contributed by atoms with Gasteiger partial charge in [0.2, 0.25) is 5.91 Å². The molecule has 3 aliphatic heterocycles. The summed E-state index contributed by atoms with van der Waals surface area (Å²) in [6.45, 7) is 5.36. The van der Waals surface area contributed by atoms with Gasteiger partial charge in [-0.1, -0.05) is 72.8 Å². The zero-order valence-corrected chi connectivity index (χ0v) is 21.4. The van der Waals surface area contributed by atoms with Gasteiger partial charge in [0.1, 0.15) is 18.5 Å². The van der Waals surface area contributed by atoms with Gasteiger partial charge in [-0.25, -0.2) is 4.79 Å². The number of rotatable bonds is 5. The van der Waals surface area contributed by atoms with E-state index in [9.17, 15) is 9.59 Å². The van der Waals surface area contributed by atoms with Crippen molar-refractivity contribution in [2.75, 3.05) is 20.1 Å². The number of hydrogen-bond donors (Lipinski definition) is 1. The molecule has 3 aromatic rings. The maximum atomic E-state index is 13.6. The Labute approximate surface area is 217 Å². The minimum atomic E-state index is -0.302. The summed E-state index contributed by atoms with van der Waals surface area (Å²) in [7, 11) is 1.63. The normalized spacial score (nSPS) is 25.6. The van der Waals surface area contributed by atoms with Crippen LogP contribution in [0.4, 0.5) is 4.79 Å². The van der Waals surface area contributed by atoms with Gasteiger partial charge in [-0.3, -0.25) is 14.7 Å². The number of hydrogen-bond acceptors (Lipinski definition) is 5. The van der Waals surface area contributed by atoms with E-state index in [1.165, 1.54) is 16.3 Å². The molecule has 8 heteroatoms.